The SMILES string of the molecule is CNC(=O)c1cc(F)cc(CC2CCC(C(=O)N3OCC[C@H]3c3cnccn3)CC2)c1. The van der Waals surface area contributed by atoms with E-state index in [4.69, 9.17) is 4.84 Å². The number of halogens is 1. The van der Waals surface area contributed by atoms with Crippen LogP contribution in [-0.4, -0.2) is 40.5 Å². The Labute approximate surface area is 181 Å². The highest BCUT2D eigenvalue weighted by Crippen LogP contribution is 2.36. The van der Waals surface area contributed by atoms with E-state index < -0.39 is 5.82 Å². The molecule has 1 aromatic carbocycles. The number of nitrogens with zero attached hydrogens (tertiary/aromatic N) is 3. The van der Waals surface area contributed by atoms with Crippen molar-refractivity contribution in [2.75, 3.05) is 13.7 Å². The summed E-state index contributed by atoms with van der Waals surface area (Å²) in [4.78, 5) is 39.0. The molecule has 0 bridgehead atoms. The van der Waals surface area contributed by atoms with Gasteiger partial charge in [0.25, 0.3) is 5.91 Å². The minimum Gasteiger partial charge on any atom is -0.355 e. The summed E-state index contributed by atoms with van der Waals surface area (Å²) in [6.07, 6.45) is 9.65. The summed E-state index contributed by atoms with van der Waals surface area (Å²) in [6, 6.07) is 4.31. The Morgan fingerprint density at radius 3 is 2.68 bits per heavy atom. The standard InChI is InChI=1S/C23H27FN4O3/c1-25-22(29)18-11-16(12-19(24)13-18)10-15-2-4-17(5-3-15)23(30)28-21(6-9-31-28)20-14-26-7-8-27-20/h7-8,11-15,17,21H,2-6,9-10H2,1H3,(H,25,29)/t15?,17?,21-/m0/s1. The van der Waals surface area contributed by atoms with E-state index in [2.05, 4.69) is 15.3 Å². The number of hydrogen-bond acceptors (Lipinski definition) is 5. The molecule has 2 aromatic rings. The van der Waals surface area contributed by atoms with Gasteiger partial charge in [0.2, 0.25) is 5.91 Å². The van der Waals surface area contributed by atoms with Gasteiger partial charge in [0.05, 0.1) is 18.5 Å². The van der Waals surface area contributed by atoms with E-state index in [1.54, 1.807) is 24.7 Å². The second-order valence-corrected chi connectivity index (χ2v) is 8.28. The predicted octanol–water partition coefficient (Wildman–Crippen LogP) is 3.23. The van der Waals surface area contributed by atoms with Crippen LogP contribution < -0.4 is 5.32 Å². The molecule has 31 heavy (non-hydrogen) atoms. The highest BCUT2D eigenvalue weighted by atomic mass is 19.1. The Balaban J connectivity index is 1.35. The lowest BCUT2D eigenvalue weighted by Gasteiger charge is -2.31. The first-order valence-electron chi connectivity index (χ1n) is 10.8. The highest BCUT2D eigenvalue weighted by molar-refractivity contribution is 5.94. The van der Waals surface area contributed by atoms with Gasteiger partial charge in [-0.25, -0.2) is 9.45 Å². The van der Waals surface area contributed by atoms with Gasteiger partial charge < -0.3 is 5.32 Å². The normalized spacial score (nSPS) is 23.5. The van der Waals surface area contributed by atoms with Crippen molar-refractivity contribution < 1.29 is 18.8 Å². The van der Waals surface area contributed by atoms with Crippen LogP contribution in [0.25, 0.3) is 0 Å². The Hall–Kier alpha value is -2.87. The third-order valence-electron chi connectivity index (χ3n) is 6.21. The average molecular weight is 426 g/mol. The zero-order chi connectivity index (χ0) is 21.8. The number of aromatic nitrogens is 2. The summed E-state index contributed by atoms with van der Waals surface area (Å²) < 4.78 is 13.9. The van der Waals surface area contributed by atoms with Crippen molar-refractivity contribution in [1.29, 1.82) is 0 Å². The van der Waals surface area contributed by atoms with Gasteiger partial charge in [-0.3, -0.25) is 24.4 Å². The van der Waals surface area contributed by atoms with Crippen LogP contribution in [0, 0.1) is 17.7 Å². The number of benzene rings is 1. The zero-order valence-corrected chi connectivity index (χ0v) is 17.6. The first kappa shape index (κ1) is 21.4. The summed E-state index contributed by atoms with van der Waals surface area (Å²) in [7, 11) is 1.53. The van der Waals surface area contributed by atoms with Crippen molar-refractivity contribution in [3.8, 4) is 0 Å². The van der Waals surface area contributed by atoms with Gasteiger partial charge in [-0.1, -0.05) is 0 Å². The minimum atomic E-state index is -0.402. The van der Waals surface area contributed by atoms with Crippen molar-refractivity contribution in [1.82, 2.24) is 20.3 Å². The molecule has 7 nitrogen and oxygen atoms in total. The van der Waals surface area contributed by atoms with E-state index in [0.717, 1.165) is 36.9 Å². The lowest BCUT2D eigenvalue weighted by atomic mass is 9.78. The second-order valence-electron chi connectivity index (χ2n) is 8.28. The maximum absolute atomic E-state index is 13.9. The molecule has 1 atom stereocenters. The summed E-state index contributed by atoms with van der Waals surface area (Å²) in [5.41, 5.74) is 1.90. The fraction of sp³-hybridized carbons (Fsp3) is 0.478. The first-order valence-corrected chi connectivity index (χ1v) is 10.8. The number of rotatable bonds is 5. The molecule has 1 aromatic heterocycles. The number of nitrogens with one attached hydrogen (secondary N) is 1. The molecule has 1 aliphatic heterocycles. The molecule has 2 fully saturated rings. The molecule has 0 radical (unpaired) electrons. The van der Waals surface area contributed by atoms with E-state index in [1.165, 1.54) is 24.2 Å². The maximum atomic E-state index is 13.9. The number of carbonyl (C=O) groups is 2. The van der Waals surface area contributed by atoms with Gasteiger partial charge in [0.1, 0.15) is 11.9 Å². The van der Waals surface area contributed by atoms with Crippen molar-refractivity contribution in [2.24, 2.45) is 11.8 Å². The molecule has 1 aliphatic carbocycles. The van der Waals surface area contributed by atoms with E-state index in [-0.39, 0.29) is 23.8 Å². The number of hydroxylamine groups is 2. The van der Waals surface area contributed by atoms with Gasteiger partial charge in [0.15, 0.2) is 0 Å². The molecule has 1 N–H and O–H groups in total. The molecule has 2 amide bonds. The molecule has 0 unspecified atom stereocenters. The third kappa shape index (κ3) is 4.90. The zero-order valence-electron chi connectivity index (χ0n) is 17.6. The highest BCUT2D eigenvalue weighted by Gasteiger charge is 2.37. The predicted molar refractivity (Wildman–Crippen MR) is 111 cm³/mol. The van der Waals surface area contributed by atoms with Crippen LogP contribution in [0.1, 0.15) is 59.8 Å². The largest absolute Gasteiger partial charge is 0.355 e. The van der Waals surface area contributed by atoms with Crippen LogP contribution >= 0.6 is 0 Å². The quantitative estimate of drug-likeness (QED) is 0.794. The molecular formula is C23H27FN4O3. The first-order chi connectivity index (χ1) is 15.0. The van der Waals surface area contributed by atoms with Gasteiger partial charge in [-0.15, -0.1) is 0 Å². The van der Waals surface area contributed by atoms with Crippen molar-refractivity contribution >= 4 is 11.8 Å². The Morgan fingerprint density at radius 2 is 1.97 bits per heavy atom. The molecule has 0 spiro atoms. The monoisotopic (exact) mass is 426 g/mol. The average Bonchev–Trinajstić information content (AvgIpc) is 3.29. The van der Waals surface area contributed by atoms with Gasteiger partial charge >= 0.3 is 0 Å². The van der Waals surface area contributed by atoms with Gasteiger partial charge in [-0.05, 0) is 61.8 Å². The van der Waals surface area contributed by atoms with Gasteiger partial charge in [-0.2, -0.15) is 0 Å². The van der Waals surface area contributed by atoms with Crippen molar-refractivity contribution in [3.05, 3.63) is 59.4 Å². The summed E-state index contributed by atoms with van der Waals surface area (Å²) in [6.45, 7) is 0.496. The molecule has 2 aliphatic rings. The molecule has 2 heterocycles. The van der Waals surface area contributed by atoms with Crippen LogP contribution in [0.5, 0.6) is 0 Å². The topological polar surface area (TPSA) is 84.4 Å². The maximum Gasteiger partial charge on any atom is 0.251 e. The van der Waals surface area contributed by atoms with Crippen LogP contribution in [0.15, 0.2) is 36.8 Å². The summed E-state index contributed by atoms with van der Waals surface area (Å²) >= 11 is 0. The Morgan fingerprint density at radius 1 is 1.16 bits per heavy atom. The van der Waals surface area contributed by atoms with Crippen LogP contribution in [0.4, 0.5) is 4.39 Å². The summed E-state index contributed by atoms with van der Waals surface area (Å²) in [5.74, 6) is -0.403. The smallest absolute Gasteiger partial charge is 0.251 e. The lowest BCUT2D eigenvalue weighted by Crippen LogP contribution is -2.37. The minimum absolute atomic E-state index is 0.0132. The third-order valence-corrected chi connectivity index (χ3v) is 6.21. The second kappa shape index (κ2) is 9.51. The van der Waals surface area contributed by atoms with E-state index >= 15 is 0 Å². The fourth-order valence-electron chi connectivity index (χ4n) is 4.61. The van der Waals surface area contributed by atoms with Crippen LogP contribution in [0.2, 0.25) is 0 Å². The molecule has 4 rings (SSSR count). The van der Waals surface area contributed by atoms with Crippen molar-refractivity contribution in [2.45, 2.75) is 44.6 Å². The number of amides is 2. The Kier molecular flexibility index (Phi) is 6.56. The van der Waals surface area contributed by atoms with Crippen molar-refractivity contribution in [3.63, 3.8) is 0 Å². The molecular weight excluding hydrogens is 399 g/mol. The van der Waals surface area contributed by atoms with E-state index in [1.807, 2.05) is 0 Å². The molecule has 1 saturated carbocycles. The number of carbonyl (C=O) groups excluding carboxylic acids is 2. The summed E-state index contributed by atoms with van der Waals surface area (Å²) in [5, 5.41) is 4.03. The van der Waals surface area contributed by atoms with E-state index in [9.17, 15) is 14.0 Å². The van der Waals surface area contributed by atoms with E-state index in [0.29, 0.717) is 30.9 Å². The molecule has 164 valence electrons. The lowest BCUT2D eigenvalue weighted by molar-refractivity contribution is -0.183. The molecule has 1 saturated heterocycles. The Bertz CT molecular complexity index is 932. The van der Waals surface area contributed by atoms with Crippen LogP contribution in [-0.2, 0) is 16.1 Å². The molecule has 8 heteroatoms. The fourth-order valence-corrected chi connectivity index (χ4v) is 4.61. The van der Waals surface area contributed by atoms with Crippen LogP contribution in [0.3, 0.4) is 0 Å². The number of hydrogen-bond donors (Lipinski definition) is 1. The van der Waals surface area contributed by atoms with Gasteiger partial charge in [0, 0.05) is 37.3 Å².